The van der Waals surface area contributed by atoms with Gasteiger partial charge in [-0.3, -0.25) is 30.8 Å². The highest BCUT2D eigenvalue weighted by molar-refractivity contribution is 5.77. The Morgan fingerprint density at radius 1 is 0.750 bits per heavy atom. The molecule has 0 aliphatic carbocycles. The molecular weight excluding hydrogens is 416 g/mol. The molecule has 8 N–H and O–H groups in total. The summed E-state index contributed by atoms with van der Waals surface area (Å²) >= 11 is 0. The highest BCUT2D eigenvalue weighted by Crippen LogP contribution is 2.11. The molecule has 14 nitrogen and oxygen atoms in total. The lowest BCUT2D eigenvalue weighted by molar-refractivity contribution is 0.782. The average Bonchev–Trinajstić information content (AvgIpc) is 2.74. The van der Waals surface area contributed by atoms with Crippen molar-refractivity contribution in [3.63, 3.8) is 0 Å². The van der Waals surface area contributed by atoms with Crippen LogP contribution in [0, 0.1) is 44.3 Å². The lowest BCUT2D eigenvalue weighted by atomic mass is 10.2. The fourth-order valence-corrected chi connectivity index (χ4v) is 2.89. The Morgan fingerprint density at radius 2 is 1.06 bits per heavy atom. The van der Waals surface area contributed by atoms with Gasteiger partial charge >= 0.3 is 11.4 Å². The van der Waals surface area contributed by atoms with Crippen molar-refractivity contribution in [2.75, 3.05) is 0 Å². The van der Waals surface area contributed by atoms with Gasteiger partial charge in [-0.15, -0.1) is 0 Å². The van der Waals surface area contributed by atoms with Crippen LogP contribution >= 0.6 is 0 Å². The Balaban J connectivity index is 2.24. The summed E-state index contributed by atoms with van der Waals surface area (Å²) in [7, 11) is 0. The topological polar surface area (TPSA) is 249 Å². The average molecular weight is 430 g/mol. The molecule has 3 aromatic rings. The van der Waals surface area contributed by atoms with Gasteiger partial charge in [0.15, 0.2) is 11.0 Å². The number of nitrogens with one attached hydrogen (secondary N) is 4. The number of benzene rings is 1. The minimum Gasteiger partial charge on any atom is -0.369 e. The van der Waals surface area contributed by atoms with Crippen LogP contribution in [0.15, 0.2) is 46.2 Å². The van der Waals surface area contributed by atoms with Crippen LogP contribution in [-0.4, -0.2) is 30.2 Å². The van der Waals surface area contributed by atoms with Crippen LogP contribution in [0.1, 0.15) is 11.1 Å². The van der Waals surface area contributed by atoms with Crippen LogP contribution < -0.4 is 33.8 Å². The number of hydrogen-bond donors (Lipinski definition) is 6. The number of nitrogens with zero attached hydrogens (tertiary/aromatic N) is 6. The lowest BCUT2D eigenvalue weighted by Gasteiger charge is -2.13. The molecule has 158 valence electrons. The number of nitriles is 2. The first kappa shape index (κ1) is 21.2. The van der Waals surface area contributed by atoms with Crippen LogP contribution in [0.2, 0.25) is 0 Å². The summed E-state index contributed by atoms with van der Waals surface area (Å²) in [6.07, 6.45) is 2.25. The number of rotatable bonds is 2. The van der Waals surface area contributed by atoms with Crippen molar-refractivity contribution in [2.24, 2.45) is 11.5 Å². The zero-order valence-corrected chi connectivity index (χ0v) is 16.1. The second kappa shape index (κ2) is 7.73. The minimum atomic E-state index is -0.855. The smallest absolute Gasteiger partial charge is 0.341 e. The summed E-state index contributed by atoms with van der Waals surface area (Å²) in [6, 6.07) is 9.17. The molecule has 0 spiro atoms. The van der Waals surface area contributed by atoms with Crippen LogP contribution in [-0.2, 0) is 0 Å². The van der Waals surface area contributed by atoms with Crippen LogP contribution in [0.4, 0.5) is 0 Å². The normalized spacial score (nSPS) is 10.2. The maximum Gasteiger partial charge on any atom is 0.341 e. The Hall–Kier alpha value is -5.50. The summed E-state index contributed by atoms with van der Waals surface area (Å²) in [6.45, 7) is 0. The predicted molar refractivity (Wildman–Crippen MR) is 109 cm³/mol. The Bertz CT molecular complexity index is 1500. The zero-order chi connectivity index (χ0) is 23.7. The first-order chi connectivity index (χ1) is 15.1. The van der Waals surface area contributed by atoms with Crippen molar-refractivity contribution in [1.29, 1.82) is 32.2 Å². The first-order valence-corrected chi connectivity index (χ1v) is 8.58. The number of nitrogen functional groups attached to an aromatic ring is 2. The van der Waals surface area contributed by atoms with E-state index in [0.717, 1.165) is 21.5 Å². The monoisotopic (exact) mass is 430 g/mol. The first-order valence-electron chi connectivity index (χ1n) is 8.58. The molecular formula is C18H14N12O2. The van der Waals surface area contributed by atoms with E-state index in [1.54, 1.807) is 12.1 Å². The summed E-state index contributed by atoms with van der Waals surface area (Å²) in [4.78, 5) is 25.3. The minimum absolute atomic E-state index is 0.202. The quantitative estimate of drug-likeness (QED) is 0.194. The van der Waals surface area contributed by atoms with Gasteiger partial charge in [-0.05, 0) is 24.3 Å². The standard InChI is InChI=1S/C18H14N12O2/c19-5-9-7-27(17(31)29(13(9)21)15(23)24)11-1-2-12(4-3-11)28-8-10(6-20)14(22)30(16(25)26)18(28)32/h1-4,7-8,21-22H,(H3,23,24)(H3,25,26). The van der Waals surface area contributed by atoms with Crippen molar-refractivity contribution in [3.05, 3.63) is 79.7 Å². The third-order valence-corrected chi connectivity index (χ3v) is 4.40. The molecule has 0 bridgehead atoms. The molecule has 0 amide bonds. The molecule has 3 rings (SSSR count). The zero-order valence-electron chi connectivity index (χ0n) is 16.1. The Kier molecular flexibility index (Phi) is 5.12. The molecule has 0 aliphatic rings. The molecule has 2 aromatic heterocycles. The third-order valence-electron chi connectivity index (χ3n) is 4.40. The van der Waals surface area contributed by atoms with E-state index < -0.39 is 34.3 Å². The van der Waals surface area contributed by atoms with Crippen LogP contribution in [0.5, 0.6) is 0 Å². The van der Waals surface area contributed by atoms with Gasteiger partial charge in [-0.1, -0.05) is 0 Å². The van der Waals surface area contributed by atoms with E-state index in [-0.39, 0.29) is 22.5 Å². The van der Waals surface area contributed by atoms with Gasteiger partial charge in [-0.25, -0.2) is 18.7 Å². The Morgan fingerprint density at radius 3 is 1.31 bits per heavy atom. The van der Waals surface area contributed by atoms with E-state index >= 15 is 0 Å². The Labute approximate surface area is 177 Å². The number of hydrogen-bond acceptors (Lipinski definition) is 8. The summed E-state index contributed by atoms with van der Waals surface area (Å²) in [5.41, 5.74) is 8.04. The highest BCUT2D eigenvalue weighted by Gasteiger charge is 2.14. The van der Waals surface area contributed by atoms with Crippen molar-refractivity contribution >= 4 is 11.9 Å². The molecule has 0 radical (unpaired) electrons. The van der Waals surface area contributed by atoms with Crippen molar-refractivity contribution in [2.45, 2.75) is 0 Å². The molecule has 0 atom stereocenters. The van der Waals surface area contributed by atoms with Crippen LogP contribution in [0.3, 0.4) is 0 Å². The van der Waals surface area contributed by atoms with Gasteiger partial charge < -0.3 is 11.5 Å². The number of nitrogens with two attached hydrogens (primary N) is 2. The van der Waals surface area contributed by atoms with E-state index in [1.807, 2.05) is 0 Å². The van der Waals surface area contributed by atoms with Gasteiger partial charge in [0.2, 0.25) is 11.9 Å². The predicted octanol–water partition coefficient (Wildman–Crippen LogP) is -2.22. The molecule has 0 fully saturated rings. The van der Waals surface area contributed by atoms with Crippen molar-refractivity contribution in [3.8, 4) is 23.5 Å². The molecule has 0 unspecified atom stereocenters. The van der Waals surface area contributed by atoms with Gasteiger partial charge in [0.05, 0.1) is 11.4 Å². The second-order valence-electron chi connectivity index (χ2n) is 6.27. The summed E-state index contributed by atoms with van der Waals surface area (Å²) < 4.78 is 3.12. The lowest BCUT2D eigenvalue weighted by Crippen LogP contribution is -2.47. The maximum absolute atomic E-state index is 12.7. The molecule has 2 heterocycles. The molecule has 0 aliphatic heterocycles. The molecule has 0 saturated carbocycles. The van der Waals surface area contributed by atoms with Crippen molar-refractivity contribution in [1.82, 2.24) is 18.3 Å². The maximum atomic E-state index is 12.7. The number of aromatic nitrogens is 4. The molecule has 1 aromatic carbocycles. The third kappa shape index (κ3) is 3.25. The van der Waals surface area contributed by atoms with E-state index in [4.69, 9.17) is 33.1 Å². The highest BCUT2D eigenvalue weighted by atomic mass is 16.2. The van der Waals surface area contributed by atoms with E-state index in [2.05, 4.69) is 0 Å². The van der Waals surface area contributed by atoms with Crippen molar-refractivity contribution < 1.29 is 0 Å². The largest absolute Gasteiger partial charge is 0.369 e. The van der Waals surface area contributed by atoms with E-state index in [1.165, 1.54) is 24.3 Å². The fraction of sp³-hybridized carbons (Fsp3) is 0. The molecule has 14 heteroatoms. The van der Waals surface area contributed by atoms with Gasteiger partial charge in [-0.2, -0.15) is 10.5 Å². The second-order valence-corrected chi connectivity index (χ2v) is 6.27. The van der Waals surface area contributed by atoms with Gasteiger partial charge in [0.1, 0.15) is 23.3 Å². The summed E-state index contributed by atoms with van der Waals surface area (Å²) in [5.74, 6) is -1.47. The van der Waals surface area contributed by atoms with Crippen LogP contribution in [0.25, 0.3) is 11.4 Å². The SMILES string of the molecule is N#Cc1cn(-c2ccc(-n3cc(C#N)c(=N)n(C(=N)N)c3=O)cc2)c(=O)n(C(=N)N)c1=N. The van der Waals surface area contributed by atoms with E-state index in [9.17, 15) is 20.1 Å². The van der Waals surface area contributed by atoms with E-state index in [0.29, 0.717) is 9.13 Å². The fourth-order valence-electron chi connectivity index (χ4n) is 2.89. The molecule has 32 heavy (non-hydrogen) atoms. The molecule has 0 saturated heterocycles. The van der Waals surface area contributed by atoms with Gasteiger partial charge in [0, 0.05) is 12.4 Å². The summed E-state index contributed by atoms with van der Waals surface area (Å²) in [5, 5.41) is 49.2. The van der Waals surface area contributed by atoms with Gasteiger partial charge in [0.25, 0.3) is 0 Å².